The van der Waals surface area contributed by atoms with E-state index >= 15 is 0 Å². The van der Waals surface area contributed by atoms with Crippen molar-refractivity contribution in [2.75, 3.05) is 27.7 Å². The summed E-state index contributed by atoms with van der Waals surface area (Å²) in [5, 5.41) is 8.77. The minimum absolute atomic E-state index is 0.0357. The topological polar surface area (TPSA) is 67.6 Å². The molecule has 0 spiro atoms. The molecule has 0 saturated heterocycles. The Bertz CT molecular complexity index is 841. The van der Waals surface area contributed by atoms with Crippen molar-refractivity contribution >= 4 is 17.2 Å². The van der Waals surface area contributed by atoms with Gasteiger partial charge >= 0.3 is 0 Å². The molecule has 0 aliphatic heterocycles. The summed E-state index contributed by atoms with van der Waals surface area (Å²) in [6, 6.07) is 13.4. The van der Waals surface area contributed by atoms with E-state index in [4.69, 9.17) is 9.26 Å². The fourth-order valence-corrected chi connectivity index (χ4v) is 3.29. The van der Waals surface area contributed by atoms with Crippen molar-refractivity contribution in [3.63, 3.8) is 0 Å². The molecule has 0 saturated carbocycles. The number of ether oxygens (including phenoxy) is 1. The first-order chi connectivity index (χ1) is 12.6. The Morgan fingerprint density at radius 2 is 2.08 bits per heavy atom. The quantitative estimate of drug-likeness (QED) is 0.689. The van der Waals surface area contributed by atoms with Gasteiger partial charge in [-0.15, -0.1) is 11.3 Å². The summed E-state index contributed by atoms with van der Waals surface area (Å²) >= 11 is 1.54. The summed E-state index contributed by atoms with van der Waals surface area (Å²) in [7, 11) is 5.60. The van der Waals surface area contributed by atoms with Crippen LogP contribution in [0.15, 0.2) is 52.4 Å². The lowest BCUT2D eigenvalue weighted by molar-refractivity contribution is 0.0933. The first-order valence-electron chi connectivity index (χ1n) is 8.17. The number of carbonyl (C=O) groups is 1. The highest BCUT2D eigenvalue weighted by Gasteiger charge is 2.18. The number of amides is 1. The van der Waals surface area contributed by atoms with E-state index in [1.165, 1.54) is 0 Å². The molecule has 1 aromatic carbocycles. The molecule has 136 valence electrons. The first-order valence-corrected chi connectivity index (χ1v) is 9.05. The third-order valence-corrected chi connectivity index (χ3v) is 4.97. The Labute approximate surface area is 156 Å². The Kier molecular flexibility index (Phi) is 5.70. The van der Waals surface area contributed by atoms with Crippen molar-refractivity contribution in [1.82, 2.24) is 15.4 Å². The predicted molar refractivity (Wildman–Crippen MR) is 102 cm³/mol. The monoisotopic (exact) mass is 371 g/mol. The molecule has 7 heteroatoms. The lowest BCUT2D eigenvalue weighted by Gasteiger charge is -2.25. The molecule has 0 unspecified atom stereocenters. The minimum atomic E-state index is -0.253. The lowest BCUT2D eigenvalue weighted by Crippen LogP contribution is -2.34. The fourth-order valence-electron chi connectivity index (χ4n) is 2.62. The zero-order valence-electron chi connectivity index (χ0n) is 14.9. The van der Waals surface area contributed by atoms with E-state index in [-0.39, 0.29) is 17.6 Å². The standard InChI is InChI=1S/C19H21N3O3S/c1-22(2)16(13-6-8-14(24-3)9-7-13)12-20-19(23)15-11-17(25-21-15)18-5-4-10-26-18/h4-11,16H,12H2,1-3H3,(H,20,23)/t16-/m0/s1. The van der Waals surface area contributed by atoms with Crippen LogP contribution in [0.1, 0.15) is 22.1 Å². The number of aromatic nitrogens is 1. The number of methoxy groups -OCH3 is 1. The van der Waals surface area contributed by atoms with Gasteiger partial charge in [0.05, 0.1) is 18.0 Å². The Morgan fingerprint density at radius 1 is 1.31 bits per heavy atom. The SMILES string of the molecule is COc1ccc([C@H](CNC(=O)c2cc(-c3cccs3)on2)N(C)C)cc1. The molecule has 6 nitrogen and oxygen atoms in total. The zero-order chi connectivity index (χ0) is 18.5. The number of likely N-dealkylation sites (N-methyl/N-ethyl adjacent to an activating group) is 1. The van der Waals surface area contributed by atoms with Crippen LogP contribution in [-0.2, 0) is 0 Å². The Morgan fingerprint density at radius 3 is 2.69 bits per heavy atom. The molecular formula is C19H21N3O3S. The van der Waals surface area contributed by atoms with Crippen molar-refractivity contribution in [2.24, 2.45) is 0 Å². The van der Waals surface area contributed by atoms with Crippen LogP contribution in [-0.4, -0.2) is 43.7 Å². The molecule has 0 radical (unpaired) electrons. The highest BCUT2D eigenvalue weighted by Crippen LogP contribution is 2.25. The number of nitrogens with zero attached hydrogens (tertiary/aromatic N) is 2. The molecule has 3 aromatic rings. The smallest absolute Gasteiger partial charge is 0.273 e. The van der Waals surface area contributed by atoms with E-state index in [0.717, 1.165) is 16.2 Å². The van der Waals surface area contributed by atoms with Gasteiger partial charge in [0, 0.05) is 12.6 Å². The predicted octanol–water partition coefficient (Wildman–Crippen LogP) is 3.44. The lowest BCUT2D eigenvalue weighted by atomic mass is 10.1. The maximum atomic E-state index is 12.4. The van der Waals surface area contributed by atoms with Gasteiger partial charge in [-0.3, -0.25) is 4.79 Å². The van der Waals surface area contributed by atoms with Gasteiger partial charge in [-0.1, -0.05) is 23.4 Å². The molecule has 1 amide bonds. The third-order valence-electron chi connectivity index (χ3n) is 4.09. The number of rotatable bonds is 7. The van der Waals surface area contributed by atoms with Gasteiger partial charge in [0.2, 0.25) is 0 Å². The number of nitrogens with one attached hydrogen (secondary N) is 1. The molecule has 0 aliphatic carbocycles. The molecule has 0 bridgehead atoms. The van der Waals surface area contributed by atoms with Gasteiger partial charge < -0.3 is 19.5 Å². The Balaban J connectivity index is 1.66. The fraction of sp³-hybridized carbons (Fsp3) is 0.263. The minimum Gasteiger partial charge on any atom is -0.497 e. The number of thiophene rings is 1. The molecule has 3 rings (SSSR count). The van der Waals surface area contributed by atoms with Gasteiger partial charge in [-0.25, -0.2) is 0 Å². The molecular weight excluding hydrogens is 350 g/mol. The molecule has 1 atom stereocenters. The maximum absolute atomic E-state index is 12.4. The number of hydrogen-bond donors (Lipinski definition) is 1. The van der Waals surface area contributed by atoms with Gasteiger partial charge in [0.1, 0.15) is 5.75 Å². The van der Waals surface area contributed by atoms with Crippen molar-refractivity contribution in [2.45, 2.75) is 6.04 Å². The van der Waals surface area contributed by atoms with Crippen LogP contribution in [0.5, 0.6) is 5.75 Å². The maximum Gasteiger partial charge on any atom is 0.273 e. The van der Waals surface area contributed by atoms with Crippen molar-refractivity contribution < 1.29 is 14.1 Å². The van der Waals surface area contributed by atoms with Gasteiger partial charge in [0.25, 0.3) is 5.91 Å². The third kappa shape index (κ3) is 4.12. The van der Waals surface area contributed by atoms with Gasteiger partial charge in [-0.2, -0.15) is 0 Å². The molecule has 2 aromatic heterocycles. The molecule has 0 aliphatic rings. The van der Waals surface area contributed by atoms with Crippen molar-refractivity contribution in [1.29, 1.82) is 0 Å². The van der Waals surface area contributed by atoms with Crippen LogP contribution >= 0.6 is 11.3 Å². The largest absolute Gasteiger partial charge is 0.497 e. The second kappa shape index (κ2) is 8.16. The van der Waals surface area contributed by atoms with E-state index < -0.39 is 0 Å². The van der Waals surface area contributed by atoms with Crippen LogP contribution in [0.2, 0.25) is 0 Å². The number of hydrogen-bond acceptors (Lipinski definition) is 6. The molecule has 2 heterocycles. The van der Waals surface area contributed by atoms with Crippen molar-refractivity contribution in [3.8, 4) is 16.4 Å². The van der Waals surface area contributed by atoms with Crippen LogP contribution in [0, 0.1) is 0 Å². The second-order valence-corrected chi connectivity index (χ2v) is 6.96. The van der Waals surface area contributed by atoms with Crippen LogP contribution < -0.4 is 10.1 Å². The first kappa shape index (κ1) is 18.2. The van der Waals surface area contributed by atoms with Gasteiger partial charge in [-0.05, 0) is 43.2 Å². The van der Waals surface area contributed by atoms with Crippen molar-refractivity contribution in [3.05, 3.63) is 59.1 Å². The average molecular weight is 371 g/mol. The summed E-state index contributed by atoms with van der Waals surface area (Å²) in [4.78, 5) is 15.4. The molecule has 26 heavy (non-hydrogen) atoms. The second-order valence-electron chi connectivity index (χ2n) is 6.02. The highest BCUT2D eigenvalue weighted by molar-refractivity contribution is 7.13. The number of carbonyl (C=O) groups excluding carboxylic acids is 1. The average Bonchev–Trinajstić information content (AvgIpc) is 3.33. The van der Waals surface area contributed by atoms with E-state index in [0.29, 0.717) is 12.3 Å². The molecule has 1 N–H and O–H groups in total. The summed E-state index contributed by atoms with van der Waals surface area (Å²) in [5.41, 5.74) is 1.37. The van der Waals surface area contributed by atoms with Crippen LogP contribution in [0.25, 0.3) is 10.6 Å². The van der Waals surface area contributed by atoms with E-state index in [1.807, 2.05) is 55.9 Å². The van der Waals surface area contributed by atoms with E-state index in [1.54, 1.807) is 24.5 Å². The normalized spacial score (nSPS) is 12.2. The van der Waals surface area contributed by atoms with E-state index in [2.05, 4.69) is 15.4 Å². The highest BCUT2D eigenvalue weighted by atomic mass is 32.1. The summed E-state index contributed by atoms with van der Waals surface area (Å²) in [6.45, 7) is 0.458. The number of benzene rings is 1. The summed E-state index contributed by atoms with van der Waals surface area (Å²) < 4.78 is 10.5. The van der Waals surface area contributed by atoms with Gasteiger partial charge in [0.15, 0.2) is 11.5 Å². The Hall–Kier alpha value is -2.64. The molecule has 0 fully saturated rings. The van der Waals surface area contributed by atoms with E-state index in [9.17, 15) is 4.79 Å². The summed E-state index contributed by atoms with van der Waals surface area (Å²) in [5.74, 6) is 1.15. The van der Waals surface area contributed by atoms with Crippen LogP contribution in [0.3, 0.4) is 0 Å². The summed E-state index contributed by atoms with van der Waals surface area (Å²) in [6.07, 6.45) is 0. The zero-order valence-corrected chi connectivity index (χ0v) is 15.7. The van der Waals surface area contributed by atoms with Crippen LogP contribution in [0.4, 0.5) is 0 Å².